The number of rotatable bonds is 3. The van der Waals surface area contributed by atoms with Crippen LogP contribution >= 0.6 is 0 Å². The van der Waals surface area contributed by atoms with Crippen molar-refractivity contribution in [3.05, 3.63) is 12.4 Å². The van der Waals surface area contributed by atoms with Crippen LogP contribution in [-0.4, -0.2) is 26.5 Å². The number of aromatic amines is 1. The molecular formula is C11H13FN4O. The fourth-order valence-electron chi connectivity index (χ4n) is 2.26. The second-order valence-corrected chi connectivity index (χ2v) is 4.36. The molecule has 0 saturated heterocycles. The van der Waals surface area contributed by atoms with Crippen LogP contribution in [0.25, 0.3) is 11.2 Å². The third kappa shape index (κ3) is 2.07. The second-order valence-electron chi connectivity index (χ2n) is 4.36. The molecule has 3 rings (SSSR count). The van der Waals surface area contributed by atoms with Gasteiger partial charge in [-0.25, -0.2) is 4.98 Å². The Morgan fingerprint density at radius 1 is 1.35 bits per heavy atom. The maximum absolute atomic E-state index is 13.1. The zero-order valence-electron chi connectivity index (χ0n) is 9.32. The molecular weight excluding hydrogens is 223 g/mol. The van der Waals surface area contributed by atoms with E-state index in [9.17, 15) is 4.39 Å². The molecule has 1 N–H and O–H groups in total. The number of ether oxygens (including phenoxy) is 1. The lowest BCUT2D eigenvalue weighted by atomic mass is 10.1. The average molecular weight is 236 g/mol. The van der Waals surface area contributed by atoms with E-state index in [0.717, 1.165) is 0 Å². The molecule has 1 aliphatic rings. The van der Waals surface area contributed by atoms with Gasteiger partial charge >= 0.3 is 6.08 Å². The summed E-state index contributed by atoms with van der Waals surface area (Å²) in [5, 5.41) is 0. The van der Waals surface area contributed by atoms with Gasteiger partial charge in [-0.05, 0) is 18.8 Å². The first-order valence-corrected chi connectivity index (χ1v) is 5.82. The minimum Gasteiger partial charge on any atom is -0.476 e. The minimum absolute atomic E-state index is 0.261. The Labute approximate surface area is 97.4 Å². The summed E-state index contributed by atoms with van der Waals surface area (Å²) in [5.74, 6) is 0.822. The van der Waals surface area contributed by atoms with Crippen molar-refractivity contribution in [2.75, 3.05) is 6.61 Å². The van der Waals surface area contributed by atoms with Crippen LogP contribution in [-0.2, 0) is 0 Å². The Kier molecular flexibility index (Phi) is 2.62. The SMILES string of the molecule is Fc1nc(OCC2CCCC2)c2[nH]cnc2n1. The molecule has 1 saturated carbocycles. The highest BCUT2D eigenvalue weighted by Gasteiger charge is 2.17. The van der Waals surface area contributed by atoms with E-state index in [-0.39, 0.29) is 5.88 Å². The smallest absolute Gasteiger partial charge is 0.314 e. The molecule has 0 aromatic carbocycles. The zero-order chi connectivity index (χ0) is 11.7. The summed E-state index contributed by atoms with van der Waals surface area (Å²) in [7, 11) is 0. The molecule has 0 aliphatic heterocycles. The quantitative estimate of drug-likeness (QED) is 0.828. The van der Waals surface area contributed by atoms with Crippen LogP contribution in [0.5, 0.6) is 5.88 Å². The normalized spacial score (nSPS) is 16.8. The van der Waals surface area contributed by atoms with Crippen LogP contribution in [0.2, 0.25) is 0 Å². The maximum Gasteiger partial charge on any atom is 0.314 e. The van der Waals surface area contributed by atoms with Gasteiger partial charge in [0.05, 0.1) is 12.9 Å². The van der Waals surface area contributed by atoms with Crippen LogP contribution in [0.4, 0.5) is 4.39 Å². The van der Waals surface area contributed by atoms with Crippen molar-refractivity contribution in [3.8, 4) is 5.88 Å². The van der Waals surface area contributed by atoms with Crippen molar-refractivity contribution in [1.29, 1.82) is 0 Å². The number of nitrogens with one attached hydrogen (secondary N) is 1. The lowest BCUT2D eigenvalue weighted by Crippen LogP contribution is -2.10. The van der Waals surface area contributed by atoms with Crippen LogP contribution < -0.4 is 4.74 Å². The number of aromatic nitrogens is 4. The number of hydrogen-bond acceptors (Lipinski definition) is 4. The standard InChI is InChI=1S/C11H13FN4O/c12-11-15-9-8(13-6-14-9)10(16-11)17-5-7-3-1-2-4-7/h6-7H,1-5H2,(H,13,14,15,16). The van der Waals surface area contributed by atoms with E-state index in [0.29, 0.717) is 23.7 Å². The van der Waals surface area contributed by atoms with Gasteiger partial charge < -0.3 is 9.72 Å². The molecule has 0 amide bonds. The van der Waals surface area contributed by atoms with Gasteiger partial charge in [-0.15, -0.1) is 0 Å². The minimum atomic E-state index is -0.800. The van der Waals surface area contributed by atoms with Gasteiger partial charge in [0.1, 0.15) is 5.52 Å². The molecule has 6 heteroatoms. The monoisotopic (exact) mass is 236 g/mol. The lowest BCUT2D eigenvalue weighted by molar-refractivity contribution is 0.242. The Balaban J connectivity index is 1.81. The van der Waals surface area contributed by atoms with Crippen molar-refractivity contribution >= 4 is 11.2 Å². The fourth-order valence-corrected chi connectivity index (χ4v) is 2.26. The summed E-state index contributed by atoms with van der Waals surface area (Å²) in [6.07, 6.45) is 5.53. The number of H-pyrrole nitrogens is 1. The van der Waals surface area contributed by atoms with Crippen molar-refractivity contribution < 1.29 is 9.13 Å². The van der Waals surface area contributed by atoms with Crippen molar-refractivity contribution in [2.24, 2.45) is 5.92 Å². The average Bonchev–Trinajstić information content (AvgIpc) is 2.95. The Bertz CT molecular complexity index is 521. The number of imidazole rings is 1. The first-order valence-electron chi connectivity index (χ1n) is 5.82. The van der Waals surface area contributed by atoms with Gasteiger partial charge in [0.25, 0.3) is 0 Å². The summed E-state index contributed by atoms with van der Waals surface area (Å²) in [6.45, 7) is 0.588. The van der Waals surface area contributed by atoms with Gasteiger partial charge in [-0.1, -0.05) is 12.8 Å². The highest BCUT2D eigenvalue weighted by Crippen LogP contribution is 2.26. The van der Waals surface area contributed by atoms with Crippen LogP contribution in [0.15, 0.2) is 6.33 Å². The lowest BCUT2D eigenvalue weighted by Gasteiger charge is -2.10. The molecule has 90 valence electrons. The summed E-state index contributed by atoms with van der Waals surface area (Å²) in [6, 6.07) is 0. The largest absolute Gasteiger partial charge is 0.476 e. The number of hydrogen-bond donors (Lipinski definition) is 1. The first kappa shape index (κ1) is 10.4. The van der Waals surface area contributed by atoms with Gasteiger partial charge in [0.2, 0.25) is 5.88 Å². The molecule has 5 nitrogen and oxygen atoms in total. The van der Waals surface area contributed by atoms with E-state index in [2.05, 4.69) is 19.9 Å². The molecule has 1 fully saturated rings. The number of nitrogens with zero attached hydrogens (tertiary/aromatic N) is 3. The highest BCUT2D eigenvalue weighted by molar-refractivity contribution is 5.74. The summed E-state index contributed by atoms with van der Waals surface area (Å²) in [4.78, 5) is 14.0. The van der Waals surface area contributed by atoms with E-state index in [4.69, 9.17) is 4.74 Å². The molecule has 0 atom stereocenters. The molecule has 1 aliphatic carbocycles. The molecule has 17 heavy (non-hydrogen) atoms. The summed E-state index contributed by atoms with van der Waals surface area (Å²) in [5.41, 5.74) is 0.864. The third-order valence-electron chi connectivity index (χ3n) is 3.16. The predicted molar refractivity (Wildman–Crippen MR) is 59.1 cm³/mol. The summed E-state index contributed by atoms with van der Waals surface area (Å²) < 4.78 is 18.7. The molecule has 0 bridgehead atoms. The Hall–Kier alpha value is -1.72. The number of fused-ring (bicyclic) bond motifs is 1. The summed E-state index contributed by atoms with van der Waals surface area (Å²) >= 11 is 0. The van der Waals surface area contributed by atoms with Gasteiger partial charge in [0, 0.05) is 0 Å². The predicted octanol–water partition coefficient (Wildman–Crippen LogP) is 2.06. The molecule has 0 radical (unpaired) electrons. The van der Waals surface area contributed by atoms with Gasteiger partial charge in [-0.2, -0.15) is 14.4 Å². The fraction of sp³-hybridized carbons (Fsp3) is 0.545. The zero-order valence-corrected chi connectivity index (χ0v) is 9.32. The van der Waals surface area contributed by atoms with Crippen LogP contribution in [0.1, 0.15) is 25.7 Å². The Morgan fingerprint density at radius 2 is 2.18 bits per heavy atom. The molecule has 0 spiro atoms. The van der Waals surface area contributed by atoms with Gasteiger partial charge in [0.15, 0.2) is 5.65 Å². The van der Waals surface area contributed by atoms with Crippen LogP contribution in [0.3, 0.4) is 0 Å². The highest BCUT2D eigenvalue weighted by atomic mass is 19.1. The molecule has 2 aromatic heterocycles. The molecule has 2 aromatic rings. The Morgan fingerprint density at radius 3 is 3.00 bits per heavy atom. The number of halogens is 1. The van der Waals surface area contributed by atoms with Crippen molar-refractivity contribution in [3.63, 3.8) is 0 Å². The van der Waals surface area contributed by atoms with Crippen LogP contribution in [0, 0.1) is 12.0 Å². The van der Waals surface area contributed by atoms with E-state index >= 15 is 0 Å². The van der Waals surface area contributed by atoms with E-state index < -0.39 is 6.08 Å². The van der Waals surface area contributed by atoms with E-state index in [1.165, 1.54) is 32.0 Å². The topological polar surface area (TPSA) is 63.7 Å². The van der Waals surface area contributed by atoms with Gasteiger partial charge in [-0.3, -0.25) is 0 Å². The third-order valence-corrected chi connectivity index (χ3v) is 3.16. The van der Waals surface area contributed by atoms with Crippen molar-refractivity contribution in [1.82, 2.24) is 19.9 Å². The maximum atomic E-state index is 13.1. The second kappa shape index (κ2) is 4.27. The van der Waals surface area contributed by atoms with E-state index in [1.807, 2.05) is 0 Å². The first-order chi connectivity index (χ1) is 8.33. The molecule has 2 heterocycles. The van der Waals surface area contributed by atoms with Crippen molar-refractivity contribution in [2.45, 2.75) is 25.7 Å². The van der Waals surface area contributed by atoms with E-state index in [1.54, 1.807) is 0 Å². The molecule has 0 unspecified atom stereocenters.